The molecule has 1 saturated carbocycles. The first-order valence-electron chi connectivity index (χ1n) is 5.33. The Morgan fingerprint density at radius 2 is 2.31 bits per heavy atom. The van der Waals surface area contributed by atoms with E-state index in [1.807, 2.05) is 0 Å². The number of thiophene rings is 1. The number of rotatable bonds is 3. The second kappa shape index (κ2) is 5.39. The Bertz CT molecular complexity index is 380. The molecule has 88 valence electrons. The first kappa shape index (κ1) is 12.2. The van der Waals surface area contributed by atoms with Gasteiger partial charge in [-0.3, -0.25) is 4.79 Å². The molecule has 1 N–H and O–H groups in total. The van der Waals surface area contributed by atoms with E-state index in [1.54, 1.807) is 12.1 Å². The minimum absolute atomic E-state index is 0.0288. The Kier molecular flexibility index (Phi) is 4.11. The van der Waals surface area contributed by atoms with Gasteiger partial charge in [-0.2, -0.15) is 0 Å². The highest BCUT2D eigenvalue weighted by atomic mass is 35.5. The number of hydrogen-bond acceptors (Lipinski definition) is 2. The van der Waals surface area contributed by atoms with Gasteiger partial charge < -0.3 is 5.32 Å². The van der Waals surface area contributed by atoms with Crippen LogP contribution in [0.1, 0.15) is 28.9 Å². The van der Waals surface area contributed by atoms with Gasteiger partial charge in [0.1, 0.15) is 0 Å². The normalized spacial score (nSPS) is 24.6. The van der Waals surface area contributed by atoms with Crippen molar-refractivity contribution >= 4 is 40.4 Å². The maximum Gasteiger partial charge on any atom is 0.261 e. The third-order valence-corrected chi connectivity index (χ3v) is 4.60. The summed E-state index contributed by atoms with van der Waals surface area (Å²) in [6.45, 7) is 0. The highest BCUT2D eigenvalue weighted by molar-refractivity contribution is 7.17. The fourth-order valence-electron chi connectivity index (χ4n) is 2.09. The topological polar surface area (TPSA) is 29.1 Å². The molecule has 2 nitrogen and oxygen atoms in total. The third kappa shape index (κ3) is 2.70. The lowest BCUT2D eigenvalue weighted by molar-refractivity contribution is 0.0934. The van der Waals surface area contributed by atoms with Crippen molar-refractivity contribution in [1.82, 2.24) is 5.32 Å². The molecule has 1 fully saturated rings. The fraction of sp³-hybridized carbons (Fsp3) is 0.545. The van der Waals surface area contributed by atoms with Gasteiger partial charge in [0, 0.05) is 11.9 Å². The van der Waals surface area contributed by atoms with Crippen molar-refractivity contribution < 1.29 is 4.79 Å². The molecule has 2 atom stereocenters. The molecule has 1 aromatic heterocycles. The molecule has 0 aliphatic heterocycles. The summed E-state index contributed by atoms with van der Waals surface area (Å²) in [6, 6.07) is 3.73. The average molecular weight is 278 g/mol. The maximum absolute atomic E-state index is 11.9. The lowest BCUT2D eigenvalue weighted by atomic mass is 10.1. The first-order chi connectivity index (χ1) is 7.70. The molecule has 1 amide bonds. The highest BCUT2D eigenvalue weighted by Gasteiger charge is 2.28. The zero-order valence-corrected chi connectivity index (χ0v) is 11.0. The van der Waals surface area contributed by atoms with Gasteiger partial charge in [-0.05, 0) is 30.9 Å². The molecule has 1 aromatic rings. The van der Waals surface area contributed by atoms with Crippen LogP contribution in [0.4, 0.5) is 0 Å². The van der Waals surface area contributed by atoms with Crippen LogP contribution >= 0.6 is 34.5 Å². The summed E-state index contributed by atoms with van der Waals surface area (Å²) >= 11 is 13.0. The molecule has 0 saturated heterocycles. The van der Waals surface area contributed by atoms with E-state index in [1.165, 1.54) is 11.3 Å². The Morgan fingerprint density at radius 3 is 2.94 bits per heavy atom. The van der Waals surface area contributed by atoms with E-state index in [0.717, 1.165) is 19.3 Å². The summed E-state index contributed by atoms with van der Waals surface area (Å²) in [5.41, 5.74) is 0. The monoisotopic (exact) mass is 277 g/mol. The van der Waals surface area contributed by atoms with Gasteiger partial charge in [0.05, 0.1) is 9.21 Å². The SMILES string of the molecule is O=C(NC1CCCC1CCl)c1ccc(Cl)s1. The molecule has 2 rings (SSSR count). The number of hydrogen-bond donors (Lipinski definition) is 1. The first-order valence-corrected chi connectivity index (χ1v) is 7.06. The molecule has 1 heterocycles. The number of carbonyl (C=O) groups is 1. The Hall–Kier alpha value is -0.250. The van der Waals surface area contributed by atoms with Gasteiger partial charge in [0.25, 0.3) is 5.91 Å². The highest BCUT2D eigenvalue weighted by Crippen LogP contribution is 2.27. The smallest absolute Gasteiger partial charge is 0.261 e. The largest absolute Gasteiger partial charge is 0.348 e. The Morgan fingerprint density at radius 1 is 1.50 bits per heavy atom. The molecule has 5 heteroatoms. The van der Waals surface area contributed by atoms with E-state index in [0.29, 0.717) is 21.0 Å². The van der Waals surface area contributed by atoms with Crippen molar-refractivity contribution in [1.29, 1.82) is 0 Å². The van der Waals surface area contributed by atoms with Crippen molar-refractivity contribution in [2.24, 2.45) is 5.92 Å². The standard InChI is InChI=1S/C11H13Cl2NOS/c12-6-7-2-1-3-8(7)14-11(15)9-4-5-10(13)16-9/h4-5,7-8H,1-3,6H2,(H,14,15). The molecule has 0 spiro atoms. The van der Waals surface area contributed by atoms with Crippen molar-refractivity contribution in [3.05, 3.63) is 21.3 Å². The number of nitrogens with one attached hydrogen (secondary N) is 1. The molecule has 16 heavy (non-hydrogen) atoms. The average Bonchev–Trinajstić information content (AvgIpc) is 2.86. The van der Waals surface area contributed by atoms with Crippen molar-refractivity contribution in [2.75, 3.05) is 5.88 Å². The minimum atomic E-state index is -0.0288. The van der Waals surface area contributed by atoms with Crippen LogP contribution in [0.2, 0.25) is 4.34 Å². The van der Waals surface area contributed by atoms with Gasteiger partial charge in [0.2, 0.25) is 0 Å². The molecule has 0 bridgehead atoms. The summed E-state index contributed by atoms with van der Waals surface area (Å²) in [6.07, 6.45) is 3.29. The van der Waals surface area contributed by atoms with E-state index < -0.39 is 0 Å². The molecular weight excluding hydrogens is 265 g/mol. The number of amides is 1. The summed E-state index contributed by atoms with van der Waals surface area (Å²) in [7, 11) is 0. The van der Waals surface area contributed by atoms with Crippen LogP contribution in [0.15, 0.2) is 12.1 Å². The second-order valence-corrected chi connectivity index (χ2v) is 6.05. The van der Waals surface area contributed by atoms with Crippen molar-refractivity contribution in [3.8, 4) is 0 Å². The Labute approximate surface area is 109 Å². The Balaban J connectivity index is 1.97. The van der Waals surface area contributed by atoms with E-state index in [9.17, 15) is 4.79 Å². The van der Waals surface area contributed by atoms with Crippen LogP contribution in [0.25, 0.3) is 0 Å². The van der Waals surface area contributed by atoms with Gasteiger partial charge >= 0.3 is 0 Å². The van der Waals surface area contributed by atoms with E-state index in [2.05, 4.69) is 5.32 Å². The number of halogens is 2. The summed E-state index contributed by atoms with van der Waals surface area (Å²) < 4.78 is 0.644. The quantitative estimate of drug-likeness (QED) is 0.842. The molecule has 0 radical (unpaired) electrons. The van der Waals surface area contributed by atoms with Crippen LogP contribution in [-0.2, 0) is 0 Å². The summed E-state index contributed by atoms with van der Waals surface area (Å²) in [4.78, 5) is 12.5. The van der Waals surface area contributed by atoms with Crippen LogP contribution in [0.5, 0.6) is 0 Å². The lowest BCUT2D eigenvalue weighted by Crippen LogP contribution is -2.37. The van der Waals surface area contributed by atoms with E-state index >= 15 is 0 Å². The zero-order chi connectivity index (χ0) is 11.5. The van der Waals surface area contributed by atoms with Gasteiger partial charge in [-0.25, -0.2) is 0 Å². The van der Waals surface area contributed by atoms with Crippen molar-refractivity contribution in [2.45, 2.75) is 25.3 Å². The van der Waals surface area contributed by atoms with Crippen LogP contribution in [0, 0.1) is 5.92 Å². The maximum atomic E-state index is 11.9. The lowest BCUT2D eigenvalue weighted by Gasteiger charge is -2.18. The molecular formula is C11H13Cl2NOS. The van der Waals surface area contributed by atoms with Crippen LogP contribution in [0.3, 0.4) is 0 Å². The predicted octanol–water partition coefficient (Wildman–Crippen LogP) is 3.54. The van der Waals surface area contributed by atoms with Gasteiger partial charge in [-0.1, -0.05) is 18.0 Å². The number of alkyl halides is 1. The summed E-state index contributed by atoms with van der Waals surface area (Å²) in [5.74, 6) is 1.01. The van der Waals surface area contributed by atoms with Gasteiger partial charge in [0.15, 0.2) is 0 Å². The minimum Gasteiger partial charge on any atom is -0.348 e. The van der Waals surface area contributed by atoms with Gasteiger partial charge in [-0.15, -0.1) is 22.9 Å². The molecule has 1 aliphatic rings. The van der Waals surface area contributed by atoms with Crippen LogP contribution < -0.4 is 5.32 Å². The number of carbonyl (C=O) groups excluding carboxylic acids is 1. The van der Waals surface area contributed by atoms with E-state index in [-0.39, 0.29) is 11.9 Å². The fourth-order valence-corrected chi connectivity index (χ4v) is 3.40. The molecule has 2 unspecified atom stereocenters. The second-order valence-electron chi connectivity index (χ2n) is 4.03. The predicted molar refractivity (Wildman–Crippen MR) is 68.6 cm³/mol. The molecule has 0 aromatic carbocycles. The summed E-state index contributed by atoms with van der Waals surface area (Å²) in [5, 5.41) is 3.04. The zero-order valence-electron chi connectivity index (χ0n) is 8.71. The third-order valence-electron chi connectivity index (χ3n) is 2.97. The van der Waals surface area contributed by atoms with Crippen LogP contribution in [-0.4, -0.2) is 17.8 Å². The molecule has 1 aliphatic carbocycles. The van der Waals surface area contributed by atoms with Crippen molar-refractivity contribution in [3.63, 3.8) is 0 Å². The van der Waals surface area contributed by atoms with E-state index in [4.69, 9.17) is 23.2 Å².